The Kier molecular flexibility index (Phi) is 4.97. The van der Waals surface area contributed by atoms with Crippen LogP contribution in [0.5, 0.6) is 0 Å². The van der Waals surface area contributed by atoms with Crippen molar-refractivity contribution in [2.45, 2.75) is 47.5 Å². The molecule has 0 saturated carbocycles. The van der Waals surface area contributed by atoms with Crippen LogP contribution in [0.4, 0.5) is 0 Å². The summed E-state index contributed by atoms with van der Waals surface area (Å²) in [5.41, 5.74) is -0.941. The van der Waals surface area contributed by atoms with Gasteiger partial charge in [0.05, 0.1) is 5.41 Å². The molecule has 0 heterocycles. The molecular formula is C12H23NO3. The van der Waals surface area contributed by atoms with Crippen LogP contribution in [0, 0.1) is 10.8 Å². The molecule has 0 spiro atoms. The van der Waals surface area contributed by atoms with Gasteiger partial charge in [0, 0.05) is 13.0 Å². The Hall–Kier alpha value is -1.06. The Morgan fingerprint density at radius 3 is 2.06 bits per heavy atom. The Balaban J connectivity index is 4.16. The van der Waals surface area contributed by atoms with Crippen LogP contribution in [0.2, 0.25) is 0 Å². The highest BCUT2D eigenvalue weighted by Crippen LogP contribution is 2.21. The zero-order chi connectivity index (χ0) is 13.0. The standard InChI is InChI=1S/C12H23NO3/c1-6-11(2,3)8-13-9(14)7-12(4,5)10(15)16/h6-8H2,1-5H3,(H,13,14)(H,15,16). The van der Waals surface area contributed by atoms with Crippen molar-refractivity contribution < 1.29 is 14.7 Å². The second-order valence-corrected chi connectivity index (χ2v) is 5.66. The number of carboxylic acids is 1. The van der Waals surface area contributed by atoms with Crippen LogP contribution in [-0.4, -0.2) is 23.5 Å². The first-order valence-corrected chi connectivity index (χ1v) is 5.61. The van der Waals surface area contributed by atoms with E-state index in [1.807, 2.05) is 0 Å². The molecule has 0 aliphatic heterocycles. The maximum Gasteiger partial charge on any atom is 0.309 e. The van der Waals surface area contributed by atoms with E-state index in [4.69, 9.17) is 5.11 Å². The van der Waals surface area contributed by atoms with E-state index in [1.165, 1.54) is 0 Å². The second kappa shape index (κ2) is 5.32. The Bertz CT molecular complexity index is 269. The van der Waals surface area contributed by atoms with Gasteiger partial charge in [-0.15, -0.1) is 0 Å². The van der Waals surface area contributed by atoms with Crippen LogP contribution < -0.4 is 5.32 Å². The summed E-state index contributed by atoms with van der Waals surface area (Å²) in [5, 5.41) is 11.7. The van der Waals surface area contributed by atoms with Crippen LogP contribution >= 0.6 is 0 Å². The third-order valence-corrected chi connectivity index (χ3v) is 2.90. The lowest BCUT2D eigenvalue weighted by Crippen LogP contribution is -2.37. The highest BCUT2D eigenvalue weighted by molar-refractivity contribution is 5.84. The van der Waals surface area contributed by atoms with E-state index in [0.717, 1.165) is 6.42 Å². The van der Waals surface area contributed by atoms with Crippen LogP contribution in [0.3, 0.4) is 0 Å². The molecule has 94 valence electrons. The summed E-state index contributed by atoms with van der Waals surface area (Å²) < 4.78 is 0. The fraction of sp³-hybridized carbons (Fsp3) is 0.833. The van der Waals surface area contributed by atoms with E-state index < -0.39 is 11.4 Å². The summed E-state index contributed by atoms with van der Waals surface area (Å²) in [4.78, 5) is 22.4. The van der Waals surface area contributed by atoms with E-state index in [0.29, 0.717) is 6.54 Å². The number of rotatable bonds is 6. The van der Waals surface area contributed by atoms with Gasteiger partial charge in [0.25, 0.3) is 0 Å². The number of amides is 1. The minimum Gasteiger partial charge on any atom is -0.481 e. The molecule has 0 unspecified atom stereocenters. The van der Waals surface area contributed by atoms with E-state index in [1.54, 1.807) is 13.8 Å². The molecule has 0 rings (SSSR count). The lowest BCUT2D eigenvalue weighted by Gasteiger charge is -2.24. The number of hydrogen-bond acceptors (Lipinski definition) is 2. The quantitative estimate of drug-likeness (QED) is 0.732. The van der Waals surface area contributed by atoms with E-state index in [9.17, 15) is 9.59 Å². The molecule has 0 aromatic carbocycles. The van der Waals surface area contributed by atoms with Crippen LogP contribution in [0.25, 0.3) is 0 Å². The molecule has 0 aliphatic carbocycles. The van der Waals surface area contributed by atoms with Gasteiger partial charge in [0.2, 0.25) is 5.91 Å². The molecule has 16 heavy (non-hydrogen) atoms. The van der Waals surface area contributed by atoms with Gasteiger partial charge in [-0.3, -0.25) is 9.59 Å². The van der Waals surface area contributed by atoms with E-state index in [2.05, 4.69) is 26.1 Å². The number of carbonyl (C=O) groups excluding carboxylic acids is 1. The van der Waals surface area contributed by atoms with Crippen molar-refractivity contribution >= 4 is 11.9 Å². The average molecular weight is 229 g/mol. The molecule has 0 aromatic rings. The zero-order valence-electron chi connectivity index (χ0n) is 10.9. The summed E-state index contributed by atoms with van der Waals surface area (Å²) in [6.07, 6.45) is 0.984. The molecule has 0 aliphatic rings. The Morgan fingerprint density at radius 2 is 1.69 bits per heavy atom. The molecule has 0 bridgehead atoms. The minimum atomic E-state index is -1.000. The molecule has 1 amide bonds. The zero-order valence-corrected chi connectivity index (χ0v) is 10.9. The van der Waals surface area contributed by atoms with Crippen molar-refractivity contribution in [2.75, 3.05) is 6.54 Å². The summed E-state index contributed by atoms with van der Waals surface area (Å²) in [5.74, 6) is -1.15. The normalized spacial score (nSPS) is 12.3. The highest BCUT2D eigenvalue weighted by atomic mass is 16.4. The predicted octanol–water partition coefficient (Wildman–Crippen LogP) is 2.04. The smallest absolute Gasteiger partial charge is 0.309 e. The Morgan fingerprint density at radius 1 is 1.19 bits per heavy atom. The lowest BCUT2D eigenvalue weighted by atomic mass is 9.88. The van der Waals surface area contributed by atoms with Gasteiger partial charge in [0.15, 0.2) is 0 Å². The van der Waals surface area contributed by atoms with Crippen LogP contribution in [-0.2, 0) is 9.59 Å². The first-order chi connectivity index (χ1) is 7.10. The first-order valence-electron chi connectivity index (χ1n) is 5.61. The maximum absolute atomic E-state index is 11.6. The van der Waals surface area contributed by atoms with Gasteiger partial charge in [0.1, 0.15) is 0 Å². The average Bonchev–Trinajstić information content (AvgIpc) is 2.14. The van der Waals surface area contributed by atoms with E-state index >= 15 is 0 Å². The van der Waals surface area contributed by atoms with Crippen molar-refractivity contribution in [1.82, 2.24) is 5.32 Å². The lowest BCUT2D eigenvalue weighted by molar-refractivity contribution is -0.149. The van der Waals surface area contributed by atoms with Crippen molar-refractivity contribution in [1.29, 1.82) is 0 Å². The summed E-state index contributed by atoms with van der Waals surface area (Å²) in [7, 11) is 0. The number of hydrogen-bond donors (Lipinski definition) is 2. The number of carbonyl (C=O) groups is 2. The molecule has 0 saturated heterocycles. The first kappa shape index (κ1) is 14.9. The number of aliphatic carboxylic acids is 1. The fourth-order valence-corrected chi connectivity index (χ4v) is 1.00. The number of carboxylic acid groups (broad SMARTS) is 1. The monoisotopic (exact) mass is 229 g/mol. The van der Waals surface area contributed by atoms with Crippen LogP contribution in [0.15, 0.2) is 0 Å². The van der Waals surface area contributed by atoms with Gasteiger partial charge < -0.3 is 10.4 Å². The van der Waals surface area contributed by atoms with Gasteiger partial charge in [-0.1, -0.05) is 20.8 Å². The minimum absolute atomic E-state index is 0.0160. The molecule has 4 heteroatoms. The summed E-state index contributed by atoms with van der Waals surface area (Å²) >= 11 is 0. The molecule has 2 N–H and O–H groups in total. The SMILES string of the molecule is CCC(C)(C)CNC(=O)CC(C)(C)C(=O)O. The third kappa shape index (κ3) is 5.14. The predicted molar refractivity (Wildman–Crippen MR) is 63.1 cm³/mol. The summed E-state index contributed by atoms with van der Waals surface area (Å²) in [6.45, 7) is 9.89. The summed E-state index contributed by atoms with van der Waals surface area (Å²) in [6, 6.07) is 0. The molecule has 0 aromatic heterocycles. The van der Waals surface area contributed by atoms with Crippen molar-refractivity contribution in [3.8, 4) is 0 Å². The second-order valence-electron chi connectivity index (χ2n) is 5.66. The van der Waals surface area contributed by atoms with Crippen molar-refractivity contribution in [2.24, 2.45) is 10.8 Å². The molecule has 4 nitrogen and oxygen atoms in total. The fourth-order valence-electron chi connectivity index (χ4n) is 1.00. The van der Waals surface area contributed by atoms with Gasteiger partial charge in [-0.05, 0) is 25.7 Å². The largest absolute Gasteiger partial charge is 0.481 e. The van der Waals surface area contributed by atoms with E-state index in [-0.39, 0.29) is 17.7 Å². The molecule has 0 atom stereocenters. The maximum atomic E-state index is 11.6. The topological polar surface area (TPSA) is 66.4 Å². The highest BCUT2D eigenvalue weighted by Gasteiger charge is 2.30. The van der Waals surface area contributed by atoms with Gasteiger partial charge in [-0.2, -0.15) is 0 Å². The Labute approximate surface area is 97.4 Å². The van der Waals surface area contributed by atoms with Gasteiger partial charge >= 0.3 is 5.97 Å². The van der Waals surface area contributed by atoms with Crippen molar-refractivity contribution in [3.63, 3.8) is 0 Å². The molecule has 0 radical (unpaired) electrons. The third-order valence-electron chi connectivity index (χ3n) is 2.90. The van der Waals surface area contributed by atoms with Crippen molar-refractivity contribution in [3.05, 3.63) is 0 Å². The molecule has 0 fully saturated rings. The van der Waals surface area contributed by atoms with Gasteiger partial charge in [-0.25, -0.2) is 0 Å². The molecular weight excluding hydrogens is 206 g/mol. The van der Waals surface area contributed by atoms with Crippen LogP contribution in [0.1, 0.15) is 47.5 Å². The number of nitrogens with one attached hydrogen (secondary N) is 1.